The van der Waals surface area contributed by atoms with Crippen LogP contribution in [0.15, 0.2) is 30.3 Å². The fraction of sp³-hybridized carbons (Fsp3) is 0.611. The molecule has 0 saturated heterocycles. The lowest BCUT2D eigenvalue weighted by atomic mass is 9.92. The summed E-state index contributed by atoms with van der Waals surface area (Å²) in [6.07, 6.45) is 2.80. The van der Waals surface area contributed by atoms with Crippen LogP contribution in [0.1, 0.15) is 45.1 Å². The summed E-state index contributed by atoms with van der Waals surface area (Å²) in [6.45, 7) is 5.22. The van der Waals surface area contributed by atoms with Crippen molar-refractivity contribution in [1.29, 1.82) is 0 Å². The summed E-state index contributed by atoms with van der Waals surface area (Å²) < 4.78 is 5.50. The number of rotatable bonds is 5. The molecule has 0 radical (unpaired) electrons. The molecule has 2 rings (SSSR count). The van der Waals surface area contributed by atoms with Gasteiger partial charge in [-0.3, -0.25) is 0 Å². The van der Waals surface area contributed by atoms with Gasteiger partial charge in [0.2, 0.25) is 0 Å². The van der Waals surface area contributed by atoms with E-state index in [-0.39, 0.29) is 18.2 Å². The van der Waals surface area contributed by atoms with Crippen molar-refractivity contribution < 1.29 is 14.6 Å². The molecular weight excluding hydrogens is 278 g/mol. The molecule has 1 aromatic rings. The second-order valence-electron chi connectivity index (χ2n) is 6.55. The van der Waals surface area contributed by atoms with Gasteiger partial charge < -0.3 is 14.7 Å². The van der Waals surface area contributed by atoms with E-state index in [2.05, 4.69) is 13.8 Å². The van der Waals surface area contributed by atoms with Crippen LogP contribution in [0, 0.1) is 5.92 Å². The van der Waals surface area contributed by atoms with Crippen molar-refractivity contribution in [2.75, 3.05) is 6.54 Å². The zero-order valence-electron chi connectivity index (χ0n) is 13.6. The number of aliphatic hydroxyl groups is 1. The van der Waals surface area contributed by atoms with Crippen LogP contribution in [0.3, 0.4) is 0 Å². The molecule has 22 heavy (non-hydrogen) atoms. The van der Waals surface area contributed by atoms with Gasteiger partial charge in [-0.1, -0.05) is 44.2 Å². The summed E-state index contributed by atoms with van der Waals surface area (Å²) in [4.78, 5) is 14.3. The lowest BCUT2D eigenvalue weighted by Crippen LogP contribution is -2.45. The van der Waals surface area contributed by atoms with Crippen LogP contribution < -0.4 is 0 Å². The van der Waals surface area contributed by atoms with Crippen molar-refractivity contribution in [3.05, 3.63) is 35.9 Å². The van der Waals surface area contributed by atoms with Gasteiger partial charge in [0.1, 0.15) is 6.61 Å². The van der Waals surface area contributed by atoms with E-state index in [1.807, 2.05) is 35.2 Å². The predicted octanol–water partition coefficient (Wildman–Crippen LogP) is 3.58. The van der Waals surface area contributed by atoms with Crippen LogP contribution in [0.25, 0.3) is 0 Å². The maximum absolute atomic E-state index is 12.5. The molecule has 0 aromatic heterocycles. The number of aliphatic hydroxyl groups excluding tert-OH is 1. The number of ether oxygens (including phenoxy) is 1. The number of carbonyl (C=O) groups excluding carboxylic acids is 1. The highest BCUT2D eigenvalue weighted by molar-refractivity contribution is 5.68. The monoisotopic (exact) mass is 305 g/mol. The summed E-state index contributed by atoms with van der Waals surface area (Å²) in [7, 11) is 0. The van der Waals surface area contributed by atoms with Crippen LogP contribution in [0.5, 0.6) is 0 Å². The van der Waals surface area contributed by atoms with Crippen molar-refractivity contribution in [2.24, 2.45) is 5.92 Å². The molecule has 4 heteroatoms. The third kappa shape index (κ3) is 5.02. The Balaban J connectivity index is 1.93. The minimum absolute atomic E-state index is 0.189. The fourth-order valence-corrected chi connectivity index (χ4v) is 2.94. The predicted molar refractivity (Wildman–Crippen MR) is 86.4 cm³/mol. The number of hydrogen-bond donors (Lipinski definition) is 1. The highest BCUT2D eigenvalue weighted by atomic mass is 16.6. The molecule has 1 aromatic carbocycles. The van der Waals surface area contributed by atoms with Gasteiger partial charge in [-0.25, -0.2) is 4.79 Å². The smallest absolute Gasteiger partial charge is 0.410 e. The Kier molecular flexibility index (Phi) is 6.25. The Bertz CT molecular complexity index is 453. The second-order valence-corrected chi connectivity index (χ2v) is 6.55. The molecule has 0 heterocycles. The minimum Gasteiger partial charge on any atom is -0.445 e. The second kappa shape index (κ2) is 8.18. The number of benzene rings is 1. The van der Waals surface area contributed by atoms with Crippen molar-refractivity contribution in [1.82, 2.24) is 4.90 Å². The molecule has 1 saturated carbocycles. The van der Waals surface area contributed by atoms with Crippen molar-refractivity contribution in [3.63, 3.8) is 0 Å². The summed E-state index contributed by atoms with van der Waals surface area (Å²) in [5.41, 5.74) is 0.999. The van der Waals surface area contributed by atoms with Crippen LogP contribution in [-0.4, -0.2) is 34.8 Å². The first-order valence-corrected chi connectivity index (χ1v) is 8.21. The third-order valence-electron chi connectivity index (χ3n) is 4.11. The van der Waals surface area contributed by atoms with Crippen molar-refractivity contribution in [2.45, 2.75) is 58.3 Å². The zero-order valence-corrected chi connectivity index (χ0v) is 13.6. The molecule has 1 amide bonds. The largest absolute Gasteiger partial charge is 0.445 e. The normalized spacial score (nSPS) is 21.6. The Morgan fingerprint density at radius 3 is 2.45 bits per heavy atom. The molecule has 0 aliphatic heterocycles. The molecule has 0 unspecified atom stereocenters. The van der Waals surface area contributed by atoms with Gasteiger partial charge in [0.25, 0.3) is 0 Å². The van der Waals surface area contributed by atoms with E-state index in [0.29, 0.717) is 19.1 Å². The standard InChI is InChI=1S/C18H27NO3/c1-14(2)12-19(16-8-10-17(20)11-9-16)18(21)22-13-15-6-4-3-5-7-15/h3-7,14,16-17,20H,8-13H2,1-2H3. The van der Waals surface area contributed by atoms with E-state index in [4.69, 9.17) is 4.74 Å². The van der Waals surface area contributed by atoms with E-state index in [1.165, 1.54) is 0 Å². The molecule has 122 valence electrons. The van der Waals surface area contributed by atoms with Crippen LogP contribution in [0.2, 0.25) is 0 Å². The first-order chi connectivity index (χ1) is 10.6. The highest BCUT2D eigenvalue weighted by Gasteiger charge is 2.29. The fourth-order valence-electron chi connectivity index (χ4n) is 2.94. The first-order valence-electron chi connectivity index (χ1n) is 8.21. The van der Waals surface area contributed by atoms with Gasteiger partial charge in [-0.2, -0.15) is 0 Å². The summed E-state index contributed by atoms with van der Waals surface area (Å²) in [5.74, 6) is 0.399. The lowest BCUT2D eigenvalue weighted by molar-refractivity contribution is 0.0449. The first kappa shape index (κ1) is 16.8. The number of nitrogens with zero attached hydrogens (tertiary/aromatic N) is 1. The third-order valence-corrected chi connectivity index (χ3v) is 4.11. The molecule has 0 bridgehead atoms. The molecule has 4 nitrogen and oxygen atoms in total. The van der Waals surface area contributed by atoms with Gasteiger partial charge in [-0.15, -0.1) is 0 Å². The van der Waals surface area contributed by atoms with E-state index in [0.717, 1.165) is 31.2 Å². The Hall–Kier alpha value is -1.55. The lowest BCUT2D eigenvalue weighted by Gasteiger charge is -2.36. The quantitative estimate of drug-likeness (QED) is 0.904. The average Bonchev–Trinajstić information content (AvgIpc) is 2.52. The molecule has 0 spiro atoms. The van der Waals surface area contributed by atoms with E-state index < -0.39 is 0 Å². The maximum atomic E-state index is 12.5. The molecule has 1 aliphatic carbocycles. The van der Waals surface area contributed by atoms with Crippen LogP contribution >= 0.6 is 0 Å². The maximum Gasteiger partial charge on any atom is 0.410 e. The summed E-state index contributed by atoms with van der Waals surface area (Å²) >= 11 is 0. The number of amides is 1. The molecule has 1 fully saturated rings. The molecule has 1 N–H and O–H groups in total. The zero-order chi connectivity index (χ0) is 15.9. The average molecular weight is 305 g/mol. The van der Waals surface area contributed by atoms with Crippen molar-refractivity contribution >= 4 is 6.09 Å². The Morgan fingerprint density at radius 1 is 1.23 bits per heavy atom. The van der Waals surface area contributed by atoms with Gasteiger partial charge in [0.05, 0.1) is 6.10 Å². The van der Waals surface area contributed by atoms with Gasteiger partial charge in [0.15, 0.2) is 0 Å². The van der Waals surface area contributed by atoms with Crippen LogP contribution in [0.4, 0.5) is 4.79 Å². The van der Waals surface area contributed by atoms with Crippen LogP contribution in [-0.2, 0) is 11.3 Å². The number of hydrogen-bond acceptors (Lipinski definition) is 3. The highest BCUT2D eigenvalue weighted by Crippen LogP contribution is 2.24. The van der Waals surface area contributed by atoms with E-state index in [9.17, 15) is 9.90 Å². The Morgan fingerprint density at radius 2 is 1.86 bits per heavy atom. The number of carbonyl (C=O) groups is 1. The van der Waals surface area contributed by atoms with Gasteiger partial charge >= 0.3 is 6.09 Å². The van der Waals surface area contributed by atoms with E-state index >= 15 is 0 Å². The summed E-state index contributed by atoms with van der Waals surface area (Å²) in [5, 5.41) is 9.65. The summed E-state index contributed by atoms with van der Waals surface area (Å²) in [6, 6.07) is 9.93. The SMILES string of the molecule is CC(C)CN(C(=O)OCc1ccccc1)C1CCC(O)CC1. The molecule has 0 atom stereocenters. The topological polar surface area (TPSA) is 49.8 Å². The molecule has 1 aliphatic rings. The van der Waals surface area contributed by atoms with Gasteiger partial charge in [-0.05, 0) is 37.2 Å². The van der Waals surface area contributed by atoms with E-state index in [1.54, 1.807) is 0 Å². The van der Waals surface area contributed by atoms with Crippen molar-refractivity contribution in [3.8, 4) is 0 Å². The minimum atomic E-state index is -0.237. The Labute approximate surface area is 133 Å². The van der Waals surface area contributed by atoms with Gasteiger partial charge in [0, 0.05) is 12.6 Å². The molecular formula is C18H27NO3.